The molecule has 160 valence electrons. The molecule has 4 nitrogen and oxygen atoms in total. The fraction of sp³-hybridized carbons (Fsp3) is 0.462. The first-order chi connectivity index (χ1) is 14.7. The lowest BCUT2D eigenvalue weighted by molar-refractivity contribution is -0.141. The molecule has 1 aliphatic carbocycles. The molecule has 0 saturated heterocycles. The molecule has 0 aromatic heterocycles. The highest BCUT2D eigenvalue weighted by Gasteiger charge is 2.30. The highest BCUT2D eigenvalue weighted by molar-refractivity contribution is 5.88. The smallest absolute Gasteiger partial charge is 0.243 e. The van der Waals surface area contributed by atoms with Crippen LogP contribution in [0.25, 0.3) is 0 Å². The van der Waals surface area contributed by atoms with Crippen molar-refractivity contribution < 1.29 is 9.59 Å². The Morgan fingerprint density at radius 1 is 0.933 bits per heavy atom. The van der Waals surface area contributed by atoms with E-state index in [2.05, 4.69) is 5.32 Å². The molecule has 0 spiro atoms. The van der Waals surface area contributed by atoms with Crippen LogP contribution in [0.1, 0.15) is 63.0 Å². The Morgan fingerprint density at radius 3 is 2.13 bits per heavy atom. The molecule has 1 unspecified atom stereocenters. The van der Waals surface area contributed by atoms with Crippen LogP contribution in [-0.2, 0) is 22.6 Å². The highest BCUT2D eigenvalue weighted by Crippen LogP contribution is 2.19. The first-order valence-corrected chi connectivity index (χ1v) is 11.3. The molecule has 0 bridgehead atoms. The van der Waals surface area contributed by atoms with E-state index in [4.69, 9.17) is 0 Å². The third-order valence-corrected chi connectivity index (χ3v) is 6.00. The fourth-order valence-corrected chi connectivity index (χ4v) is 4.28. The molecule has 0 radical (unpaired) electrons. The van der Waals surface area contributed by atoms with Gasteiger partial charge in [-0.2, -0.15) is 0 Å². The third-order valence-electron chi connectivity index (χ3n) is 6.00. The quantitative estimate of drug-likeness (QED) is 0.645. The minimum Gasteiger partial charge on any atom is -0.352 e. The first-order valence-electron chi connectivity index (χ1n) is 11.3. The Labute approximate surface area is 180 Å². The van der Waals surface area contributed by atoms with Gasteiger partial charge in [-0.25, -0.2) is 0 Å². The number of carbonyl (C=O) groups is 2. The molecule has 2 aromatic carbocycles. The molecule has 1 aliphatic rings. The summed E-state index contributed by atoms with van der Waals surface area (Å²) in [7, 11) is 0. The Bertz CT molecular complexity index is 785. The van der Waals surface area contributed by atoms with Crippen molar-refractivity contribution in [1.82, 2.24) is 10.2 Å². The zero-order valence-electron chi connectivity index (χ0n) is 18.1. The maximum absolute atomic E-state index is 13.3. The summed E-state index contributed by atoms with van der Waals surface area (Å²) in [5.74, 6) is 0.0294. The molecule has 2 aromatic rings. The van der Waals surface area contributed by atoms with Gasteiger partial charge in [0.1, 0.15) is 6.04 Å². The molecule has 0 aliphatic heterocycles. The third kappa shape index (κ3) is 6.45. The normalized spacial score (nSPS) is 15.4. The van der Waals surface area contributed by atoms with Gasteiger partial charge < -0.3 is 10.2 Å². The second-order valence-electron chi connectivity index (χ2n) is 8.26. The Hall–Kier alpha value is -2.62. The van der Waals surface area contributed by atoms with Gasteiger partial charge in [0, 0.05) is 19.0 Å². The van der Waals surface area contributed by atoms with Crippen molar-refractivity contribution >= 4 is 11.8 Å². The molecular weight excluding hydrogens is 372 g/mol. The van der Waals surface area contributed by atoms with E-state index in [1.807, 2.05) is 67.6 Å². The summed E-state index contributed by atoms with van der Waals surface area (Å²) in [6, 6.07) is 19.8. The molecule has 0 heterocycles. The van der Waals surface area contributed by atoms with Crippen molar-refractivity contribution in [2.24, 2.45) is 0 Å². The zero-order valence-corrected chi connectivity index (χ0v) is 18.1. The number of hydrogen-bond donors (Lipinski definition) is 1. The van der Waals surface area contributed by atoms with Crippen molar-refractivity contribution in [2.75, 3.05) is 0 Å². The van der Waals surface area contributed by atoms with Crippen LogP contribution >= 0.6 is 0 Å². The van der Waals surface area contributed by atoms with Crippen LogP contribution in [0.5, 0.6) is 0 Å². The predicted molar refractivity (Wildman–Crippen MR) is 121 cm³/mol. The average molecular weight is 407 g/mol. The number of nitrogens with zero attached hydrogens (tertiary/aromatic N) is 1. The number of rotatable bonds is 9. The second-order valence-corrected chi connectivity index (χ2v) is 8.26. The van der Waals surface area contributed by atoms with Gasteiger partial charge >= 0.3 is 0 Å². The summed E-state index contributed by atoms with van der Waals surface area (Å²) in [5, 5.41) is 3.23. The lowest BCUT2D eigenvalue weighted by Crippen LogP contribution is -2.51. The molecule has 1 N–H and O–H groups in total. The van der Waals surface area contributed by atoms with E-state index in [9.17, 15) is 9.59 Å². The van der Waals surface area contributed by atoms with Crippen LogP contribution in [-0.4, -0.2) is 28.8 Å². The van der Waals surface area contributed by atoms with Crippen LogP contribution in [0, 0.1) is 0 Å². The number of amides is 2. The molecular formula is C26H34N2O2. The number of carbonyl (C=O) groups excluding carboxylic acids is 2. The molecule has 3 rings (SSSR count). The molecule has 30 heavy (non-hydrogen) atoms. The van der Waals surface area contributed by atoms with Gasteiger partial charge in [-0.05, 0) is 36.8 Å². The number of benzene rings is 2. The van der Waals surface area contributed by atoms with E-state index in [-0.39, 0.29) is 17.9 Å². The van der Waals surface area contributed by atoms with Gasteiger partial charge in [0.15, 0.2) is 0 Å². The highest BCUT2D eigenvalue weighted by atomic mass is 16.2. The van der Waals surface area contributed by atoms with Crippen LogP contribution in [0.2, 0.25) is 0 Å². The SMILES string of the molecule is CCC(C(=O)NC1CCCCC1)N(Cc1ccccc1)C(=O)CCc1ccccc1. The van der Waals surface area contributed by atoms with Gasteiger partial charge in [0.05, 0.1) is 0 Å². The summed E-state index contributed by atoms with van der Waals surface area (Å²) in [6.45, 7) is 2.46. The van der Waals surface area contributed by atoms with Gasteiger partial charge in [-0.1, -0.05) is 86.8 Å². The van der Waals surface area contributed by atoms with Crippen LogP contribution < -0.4 is 5.32 Å². The maximum Gasteiger partial charge on any atom is 0.243 e. The summed E-state index contributed by atoms with van der Waals surface area (Å²) >= 11 is 0. The zero-order chi connectivity index (χ0) is 21.2. The van der Waals surface area contributed by atoms with Gasteiger partial charge in [0.25, 0.3) is 0 Å². The minimum absolute atomic E-state index is 0.00612. The molecule has 1 saturated carbocycles. The summed E-state index contributed by atoms with van der Waals surface area (Å²) in [4.78, 5) is 28.2. The van der Waals surface area contributed by atoms with Crippen LogP contribution in [0.3, 0.4) is 0 Å². The lowest BCUT2D eigenvalue weighted by Gasteiger charge is -2.33. The summed E-state index contributed by atoms with van der Waals surface area (Å²) in [5.41, 5.74) is 2.19. The Balaban J connectivity index is 1.72. The standard InChI is InChI=1S/C26H34N2O2/c1-2-24(26(30)27-23-16-10-5-11-17-23)28(20-22-14-8-4-9-15-22)25(29)19-18-21-12-6-3-7-13-21/h3-4,6-9,12-15,23-24H,2,5,10-11,16-20H2,1H3,(H,27,30). The topological polar surface area (TPSA) is 49.4 Å². The first kappa shape index (κ1) is 22.1. The van der Waals surface area contributed by atoms with Crippen LogP contribution in [0.15, 0.2) is 60.7 Å². The maximum atomic E-state index is 13.3. The van der Waals surface area contributed by atoms with E-state index in [0.29, 0.717) is 25.8 Å². The fourth-order valence-electron chi connectivity index (χ4n) is 4.28. The predicted octanol–water partition coefficient (Wildman–Crippen LogP) is 4.88. The van der Waals surface area contributed by atoms with Crippen molar-refractivity contribution in [2.45, 2.75) is 76.9 Å². The van der Waals surface area contributed by atoms with Crippen molar-refractivity contribution in [3.8, 4) is 0 Å². The number of aryl methyl sites for hydroxylation is 1. The van der Waals surface area contributed by atoms with E-state index in [1.165, 1.54) is 19.3 Å². The van der Waals surface area contributed by atoms with Crippen molar-refractivity contribution in [3.63, 3.8) is 0 Å². The summed E-state index contributed by atoms with van der Waals surface area (Å²) in [6.07, 6.45) is 7.39. The van der Waals surface area contributed by atoms with Crippen molar-refractivity contribution in [1.29, 1.82) is 0 Å². The van der Waals surface area contributed by atoms with E-state index in [0.717, 1.165) is 24.0 Å². The largest absolute Gasteiger partial charge is 0.352 e. The Morgan fingerprint density at radius 2 is 1.53 bits per heavy atom. The average Bonchev–Trinajstić information content (AvgIpc) is 2.79. The number of nitrogens with one attached hydrogen (secondary N) is 1. The minimum atomic E-state index is -0.435. The summed E-state index contributed by atoms with van der Waals surface area (Å²) < 4.78 is 0. The van der Waals surface area contributed by atoms with E-state index < -0.39 is 6.04 Å². The monoisotopic (exact) mass is 406 g/mol. The van der Waals surface area contributed by atoms with E-state index >= 15 is 0 Å². The van der Waals surface area contributed by atoms with Crippen molar-refractivity contribution in [3.05, 3.63) is 71.8 Å². The van der Waals surface area contributed by atoms with Gasteiger partial charge in [0.2, 0.25) is 11.8 Å². The number of hydrogen-bond acceptors (Lipinski definition) is 2. The van der Waals surface area contributed by atoms with Gasteiger partial charge in [-0.15, -0.1) is 0 Å². The molecule has 1 atom stereocenters. The second kappa shape index (κ2) is 11.5. The van der Waals surface area contributed by atoms with Gasteiger partial charge in [-0.3, -0.25) is 9.59 Å². The Kier molecular flexibility index (Phi) is 8.49. The molecule has 4 heteroatoms. The van der Waals surface area contributed by atoms with Crippen LogP contribution in [0.4, 0.5) is 0 Å². The molecule has 2 amide bonds. The van der Waals surface area contributed by atoms with E-state index in [1.54, 1.807) is 4.90 Å². The molecule has 1 fully saturated rings. The lowest BCUT2D eigenvalue weighted by atomic mass is 9.95.